The predicted octanol–water partition coefficient (Wildman–Crippen LogP) is 3.65. The van der Waals surface area contributed by atoms with Crippen molar-refractivity contribution in [3.05, 3.63) is 71.3 Å². The van der Waals surface area contributed by atoms with Crippen molar-refractivity contribution in [3.63, 3.8) is 0 Å². The van der Waals surface area contributed by atoms with Gasteiger partial charge in [0.05, 0.1) is 29.3 Å². The van der Waals surface area contributed by atoms with Gasteiger partial charge in [0.25, 0.3) is 0 Å². The molecule has 4 rings (SSSR count). The lowest BCUT2D eigenvalue weighted by Gasteiger charge is -2.22. The molecule has 1 fully saturated rings. The molecular weight excluding hydrogens is 304 g/mol. The summed E-state index contributed by atoms with van der Waals surface area (Å²) in [7, 11) is 1.66. The Morgan fingerprint density at radius 2 is 2.17 bits per heavy atom. The van der Waals surface area contributed by atoms with Crippen LogP contribution < -0.4 is 0 Å². The minimum atomic E-state index is -0.935. The maximum Gasteiger partial charge on any atom is 0.335 e. The number of benzene rings is 1. The highest BCUT2D eigenvalue weighted by Crippen LogP contribution is 2.44. The fourth-order valence-corrected chi connectivity index (χ4v) is 3.29. The van der Waals surface area contributed by atoms with Gasteiger partial charge in [-0.1, -0.05) is 18.2 Å². The maximum atomic E-state index is 11.3. The number of fused-ring (bicyclic) bond motifs is 1. The Hall–Kier alpha value is -2.66. The van der Waals surface area contributed by atoms with Gasteiger partial charge in [-0.05, 0) is 48.1 Å². The number of methoxy groups -OCH3 is 1. The van der Waals surface area contributed by atoms with Gasteiger partial charge in [-0.15, -0.1) is 0 Å². The van der Waals surface area contributed by atoms with Crippen LogP contribution in [0.25, 0.3) is 5.52 Å². The van der Waals surface area contributed by atoms with E-state index >= 15 is 0 Å². The van der Waals surface area contributed by atoms with Crippen LogP contribution in [0, 0.1) is 0 Å². The lowest BCUT2D eigenvalue weighted by Crippen LogP contribution is -2.12. The van der Waals surface area contributed by atoms with Gasteiger partial charge in [0, 0.05) is 7.11 Å². The van der Waals surface area contributed by atoms with Crippen molar-refractivity contribution in [1.82, 2.24) is 9.38 Å². The molecule has 1 saturated carbocycles. The molecule has 0 aliphatic heterocycles. The van der Waals surface area contributed by atoms with E-state index in [-0.39, 0.29) is 11.7 Å². The van der Waals surface area contributed by atoms with Crippen LogP contribution in [-0.2, 0) is 4.74 Å². The summed E-state index contributed by atoms with van der Waals surface area (Å²) in [4.78, 5) is 15.6. The first-order valence-electron chi connectivity index (χ1n) is 8.00. The van der Waals surface area contributed by atoms with E-state index in [1.807, 2.05) is 12.3 Å². The number of carboxylic acid groups (broad SMARTS) is 1. The van der Waals surface area contributed by atoms with E-state index < -0.39 is 5.97 Å². The van der Waals surface area contributed by atoms with E-state index in [9.17, 15) is 9.90 Å². The predicted molar refractivity (Wildman–Crippen MR) is 89.4 cm³/mol. The van der Waals surface area contributed by atoms with E-state index in [2.05, 4.69) is 21.5 Å². The van der Waals surface area contributed by atoms with Gasteiger partial charge in [0.1, 0.15) is 6.10 Å². The van der Waals surface area contributed by atoms with Gasteiger partial charge in [0.15, 0.2) is 0 Å². The van der Waals surface area contributed by atoms with Gasteiger partial charge >= 0.3 is 5.97 Å². The molecule has 5 nitrogen and oxygen atoms in total. The second-order valence-corrected chi connectivity index (χ2v) is 6.18. The smallest absolute Gasteiger partial charge is 0.335 e. The minimum Gasteiger partial charge on any atom is -0.478 e. The molecule has 0 saturated heterocycles. The standard InChI is InChI=1S/C19H18N2O3/c1-24-18(13-3-2-4-14(9-13)19(22)23)17-16(12-5-6-12)8-7-15-10-20-11-21(15)17/h2-4,7-12,18H,5-6H2,1H3,(H,22,23). The van der Waals surface area contributed by atoms with Crippen LogP contribution in [0.4, 0.5) is 0 Å². The van der Waals surface area contributed by atoms with Crippen LogP contribution in [0.5, 0.6) is 0 Å². The van der Waals surface area contributed by atoms with E-state index in [1.165, 1.54) is 18.4 Å². The summed E-state index contributed by atoms with van der Waals surface area (Å²) in [5.41, 5.74) is 4.40. The van der Waals surface area contributed by atoms with Crippen molar-refractivity contribution in [2.45, 2.75) is 24.9 Å². The van der Waals surface area contributed by atoms with Gasteiger partial charge in [-0.2, -0.15) is 0 Å². The Morgan fingerprint density at radius 1 is 1.33 bits per heavy atom. The number of rotatable bonds is 5. The average molecular weight is 322 g/mol. The van der Waals surface area contributed by atoms with Crippen molar-refractivity contribution in [3.8, 4) is 0 Å². The Kier molecular flexibility index (Phi) is 3.58. The number of hydrogen-bond donors (Lipinski definition) is 1. The topological polar surface area (TPSA) is 63.8 Å². The highest BCUT2D eigenvalue weighted by atomic mass is 16.5. The van der Waals surface area contributed by atoms with Gasteiger partial charge < -0.3 is 9.84 Å². The van der Waals surface area contributed by atoms with E-state index in [0.717, 1.165) is 16.8 Å². The fourth-order valence-electron chi connectivity index (χ4n) is 3.29. The van der Waals surface area contributed by atoms with Crippen LogP contribution in [0.3, 0.4) is 0 Å². The van der Waals surface area contributed by atoms with Crippen LogP contribution in [-0.4, -0.2) is 27.6 Å². The molecule has 1 aromatic carbocycles. The Labute approximate surface area is 139 Å². The fraction of sp³-hybridized carbons (Fsp3) is 0.263. The molecule has 1 aliphatic carbocycles. The van der Waals surface area contributed by atoms with Crippen LogP contribution in [0.15, 0.2) is 48.9 Å². The molecule has 1 unspecified atom stereocenters. The summed E-state index contributed by atoms with van der Waals surface area (Å²) >= 11 is 0. The molecule has 1 N–H and O–H groups in total. The molecule has 0 radical (unpaired) electrons. The first-order chi connectivity index (χ1) is 11.7. The number of aromatic carboxylic acids is 1. The summed E-state index contributed by atoms with van der Waals surface area (Å²) in [5.74, 6) is -0.387. The second-order valence-electron chi connectivity index (χ2n) is 6.18. The average Bonchev–Trinajstić information content (AvgIpc) is 3.32. The van der Waals surface area contributed by atoms with Crippen LogP contribution in [0.2, 0.25) is 0 Å². The second kappa shape index (κ2) is 5.76. The Morgan fingerprint density at radius 3 is 2.88 bits per heavy atom. The van der Waals surface area contributed by atoms with E-state index in [1.54, 1.807) is 31.6 Å². The molecule has 1 aliphatic rings. The summed E-state index contributed by atoms with van der Waals surface area (Å²) in [6.45, 7) is 0. The number of nitrogens with zero attached hydrogens (tertiary/aromatic N) is 2. The van der Waals surface area contributed by atoms with E-state index in [0.29, 0.717) is 5.92 Å². The summed E-state index contributed by atoms with van der Waals surface area (Å²) < 4.78 is 7.86. The first-order valence-corrected chi connectivity index (χ1v) is 8.00. The van der Waals surface area contributed by atoms with Gasteiger partial charge in [-0.3, -0.25) is 4.40 Å². The zero-order valence-electron chi connectivity index (χ0n) is 13.3. The number of carboxylic acids is 1. The lowest BCUT2D eigenvalue weighted by molar-refractivity contribution is 0.0696. The highest BCUT2D eigenvalue weighted by molar-refractivity contribution is 5.87. The molecule has 0 amide bonds. The Bertz CT molecular complexity index is 912. The molecule has 0 bridgehead atoms. The zero-order chi connectivity index (χ0) is 16.7. The molecular formula is C19H18N2O3. The third-order valence-corrected chi connectivity index (χ3v) is 4.59. The largest absolute Gasteiger partial charge is 0.478 e. The van der Waals surface area contributed by atoms with Crippen LogP contribution in [0.1, 0.15) is 52.0 Å². The van der Waals surface area contributed by atoms with Crippen molar-refractivity contribution < 1.29 is 14.6 Å². The molecule has 5 heteroatoms. The number of pyridine rings is 1. The van der Waals surface area contributed by atoms with Gasteiger partial charge in [-0.25, -0.2) is 9.78 Å². The molecule has 3 aromatic rings. The summed E-state index contributed by atoms with van der Waals surface area (Å²) in [6.07, 6.45) is 5.64. The first kappa shape index (κ1) is 14.9. The molecule has 1 atom stereocenters. The molecule has 24 heavy (non-hydrogen) atoms. The van der Waals surface area contributed by atoms with Crippen molar-refractivity contribution in [2.24, 2.45) is 0 Å². The molecule has 2 aromatic heterocycles. The lowest BCUT2D eigenvalue weighted by atomic mass is 9.97. The van der Waals surface area contributed by atoms with Crippen molar-refractivity contribution >= 4 is 11.5 Å². The molecule has 2 heterocycles. The third kappa shape index (κ3) is 2.47. The van der Waals surface area contributed by atoms with E-state index in [4.69, 9.17) is 4.74 Å². The quantitative estimate of drug-likeness (QED) is 0.779. The summed E-state index contributed by atoms with van der Waals surface area (Å²) in [5, 5.41) is 9.27. The number of ether oxygens (including phenoxy) is 1. The molecule has 122 valence electrons. The van der Waals surface area contributed by atoms with Crippen molar-refractivity contribution in [2.75, 3.05) is 7.11 Å². The maximum absolute atomic E-state index is 11.3. The zero-order valence-corrected chi connectivity index (χ0v) is 13.3. The number of imidazole rings is 1. The molecule has 0 spiro atoms. The number of aromatic nitrogens is 2. The summed E-state index contributed by atoms with van der Waals surface area (Å²) in [6, 6.07) is 11.2. The van der Waals surface area contributed by atoms with Crippen molar-refractivity contribution in [1.29, 1.82) is 0 Å². The number of hydrogen-bond acceptors (Lipinski definition) is 3. The van der Waals surface area contributed by atoms with Gasteiger partial charge in [0.2, 0.25) is 0 Å². The minimum absolute atomic E-state index is 0.264. The monoisotopic (exact) mass is 322 g/mol. The third-order valence-electron chi connectivity index (χ3n) is 4.59. The Balaban J connectivity index is 1.90. The van der Waals surface area contributed by atoms with Crippen LogP contribution >= 0.6 is 0 Å². The number of carbonyl (C=O) groups is 1. The highest BCUT2D eigenvalue weighted by Gasteiger charge is 2.31. The normalized spacial score (nSPS) is 15.5. The SMILES string of the molecule is COC(c1cccc(C(=O)O)c1)c1c(C2CC2)ccc2cncn12.